The number of hydrogen-bond acceptors (Lipinski definition) is 3. The van der Waals surface area contributed by atoms with E-state index in [1.54, 1.807) is 6.07 Å². The van der Waals surface area contributed by atoms with Crippen molar-refractivity contribution < 1.29 is 9.59 Å². The third-order valence-electron chi connectivity index (χ3n) is 2.63. The van der Waals surface area contributed by atoms with E-state index in [9.17, 15) is 9.59 Å². The van der Waals surface area contributed by atoms with Crippen LogP contribution in [0.5, 0.6) is 0 Å². The molecule has 1 amide bonds. The van der Waals surface area contributed by atoms with Crippen molar-refractivity contribution in [3.8, 4) is 6.07 Å². The van der Waals surface area contributed by atoms with E-state index in [2.05, 4.69) is 5.32 Å². The van der Waals surface area contributed by atoms with E-state index >= 15 is 0 Å². The van der Waals surface area contributed by atoms with Crippen LogP contribution in [0.25, 0.3) is 0 Å². The smallest absolute Gasteiger partial charge is 0.244 e. The average molecular weight is 244 g/mol. The molecule has 0 heterocycles. The van der Waals surface area contributed by atoms with Crippen molar-refractivity contribution in [2.45, 2.75) is 20.3 Å². The second-order valence-corrected chi connectivity index (χ2v) is 4.20. The van der Waals surface area contributed by atoms with Crippen molar-refractivity contribution in [1.29, 1.82) is 5.26 Å². The molecule has 0 bridgehead atoms. The fraction of sp³-hybridized carbons (Fsp3) is 0.357. The second-order valence-electron chi connectivity index (χ2n) is 4.20. The molecule has 94 valence electrons. The Bertz CT molecular complexity index is 472. The molecule has 0 aliphatic rings. The van der Waals surface area contributed by atoms with Gasteiger partial charge >= 0.3 is 0 Å². The average Bonchev–Trinajstić information content (AvgIpc) is 2.32. The maximum Gasteiger partial charge on any atom is 0.244 e. The fourth-order valence-electron chi connectivity index (χ4n) is 1.52. The first-order valence-electron chi connectivity index (χ1n) is 5.78. The van der Waals surface area contributed by atoms with Crippen LogP contribution in [0.2, 0.25) is 0 Å². The normalized spacial score (nSPS) is 11.4. The minimum Gasteiger partial charge on any atom is -0.354 e. The first-order valence-corrected chi connectivity index (χ1v) is 5.78. The van der Waals surface area contributed by atoms with Gasteiger partial charge < -0.3 is 5.32 Å². The number of carbonyl (C=O) groups excluding carboxylic acids is 2. The summed E-state index contributed by atoms with van der Waals surface area (Å²) in [6.45, 7) is 3.68. The molecule has 1 atom stereocenters. The summed E-state index contributed by atoms with van der Waals surface area (Å²) in [4.78, 5) is 22.5. The van der Waals surface area contributed by atoms with Gasteiger partial charge in [-0.05, 0) is 25.8 Å². The molecule has 4 nitrogen and oxygen atoms in total. The van der Waals surface area contributed by atoms with Gasteiger partial charge in [0.1, 0.15) is 0 Å². The van der Waals surface area contributed by atoms with Crippen molar-refractivity contribution >= 4 is 11.7 Å². The van der Waals surface area contributed by atoms with Crippen LogP contribution >= 0.6 is 0 Å². The Morgan fingerprint density at radius 2 is 1.94 bits per heavy atom. The number of carbonyl (C=O) groups is 2. The van der Waals surface area contributed by atoms with E-state index in [1.165, 1.54) is 12.5 Å². The molecule has 1 aromatic carbocycles. The van der Waals surface area contributed by atoms with Gasteiger partial charge in [0.05, 0.1) is 6.07 Å². The second kappa shape index (κ2) is 6.55. The largest absolute Gasteiger partial charge is 0.354 e. The summed E-state index contributed by atoms with van der Waals surface area (Å²) in [7, 11) is 0. The zero-order valence-corrected chi connectivity index (χ0v) is 10.6. The molecule has 0 saturated heterocycles. The lowest BCUT2D eigenvalue weighted by Crippen LogP contribution is -2.34. The van der Waals surface area contributed by atoms with Gasteiger partial charge in [0.25, 0.3) is 0 Å². The van der Waals surface area contributed by atoms with Crippen LogP contribution in [0.4, 0.5) is 0 Å². The number of nitriles is 1. The topological polar surface area (TPSA) is 70.0 Å². The lowest BCUT2D eigenvalue weighted by molar-refractivity contribution is -0.130. The highest BCUT2D eigenvalue weighted by molar-refractivity contribution is 6.02. The molecule has 1 N–H and O–H groups in total. The highest BCUT2D eigenvalue weighted by Crippen LogP contribution is 2.03. The Kier molecular flexibility index (Phi) is 5.06. The van der Waals surface area contributed by atoms with Gasteiger partial charge in [-0.15, -0.1) is 0 Å². The van der Waals surface area contributed by atoms with Crippen molar-refractivity contribution in [3.05, 3.63) is 35.4 Å². The van der Waals surface area contributed by atoms with Crippen LogP contribution in [0.15, 0.2) is 24.3 Å². The summed E-state index contributed by atoms with van der Waals surface area (Å²) in [5, 5.41) is 11.3. The van der Waals surface area contributed by atoms with Gasteiger partial charge in [0, 0.05) is 6.54 Å². The van der Waals surface area contributed by atoms with E-state index in [1.807, 2.05) is 31.2 Å². The van der Waals surface area contributed by atoms with E-state index in [4.69, 9.17) is 5.26 Å². The van der Waals surface area contributed by atoms with Crippen LogP contribution in [-0.4, -0.2) is 18.2 Å². The van der Waals surface area contributed by atoms with Gasteiger partial charge in [-0.2, -0.15) is 5.26 Å². The summed E-state index contributed by atoms with van der Waals surface area (Å²) in [5.74, 6) is -2.13. The van der Waals surface area contributed by atoms with Crippen LogP contribution in [0.3, 0.4) is 0 Å². The van der Waals surface area contributed by atoms with E-state index < -0.39 is 17.6 Å². The standard InChI is InChI=1S/C14H16N2O2/c1-10-3-5-12(6-4-10)7-8-16-14(18)13(9-15)11(2)17/h3-6,13H,7-8H2,1-2H3,(H,16,18). The molecule has 0 aliphatic heterocycles. The summed E-state index contributed by atoms with van der Waals surface area (Å²) in [5.41, 5.74) is 2.29. The number of ketones is 1. The van der Waals surface area contributed by atoms with Crippen molar-refractivity contribution in [1.82, 2.24) is 5.32 Å². The van der Waals surface area contributed by atoms with Gasteiger partial charge in [0.15, 0.2) is 11.7 Å². The van der Waals surface area contributed by atoms with Crippen LogP contribution < -0.4 is 5.32 Å². The molecule has 0 spiro atoms. The molecule has 1 unspecified atom stereocenters. The van der Waals surface area contributed by atoms with Crippen LogP contribution in [0.1, 0.15) is 18.1 Å². The fourth-order valence-corrected chi connectivity index (χ4v) is 1.52. The molecule has 0 saturated carbocycles. The van der Waals surface area contributed by atoms with Crippen molar-refractivity contribution in [2.24, 2.45) is 5.92 Å². The van der Waals surface area contributed by atoms with Gasteiger partial charge in [0.2, 0.25) is 5.91 Å². The molecule has 0 aliphatic carbocycles. The Hall–Kier alpha value is -2.15. The van der Waals surface area contributed by atoms with Crippen molar-refractivity contribution in [2.75, 3.05) is 6.54 Å². The Morgan fingerprint density at radius 3 is 2.44 bits per heavy atom. The lowest BCUT2D eigenvalue weighted by atomic mass is 10.1. The molecule has 1 aromatic rings. The van der Waals surface area contributed by atoms with Crippen LogP contribution in [-0.2, 0) is 16.0 Å². The summed E-state index contributed by atoms with van der Waals surface area (Å²) >= 11 is 0. The SMILES string of the molecule is CC(=O)C(C#N)C(=O)NCCc1ccc(C)cc1. The van der Waals surface area contributed by atoms with Gasteiger partial charge in [-0.25, -0.2) is 0 Å². The quantitative estimate of drug-likeness (QED) is 0.795. The number of hydrogen-bond donors (Lipinski definition) is 1. The monoisotopic (exact) mass is 244 g/mol. The molecular weight excluding hydrogens is 228 g/mol. The highest BCUT2D eigenvalue weighted by Gasteiger charge is 2.21. The first kappa shape index (κ1) is 13.9. The Labute approximate surface area is 107 Å². The van der Waals surface area contributed by atoms with Crippen LogP contribution in [0, 0.1) is 24.2 Å². The van der Waals surface area contributed by atoms with E-state index in [-0.39, 0.29) is 0 Å². The minimum atomic E-state index is -1.19. The number of aryl methyl sites for hydroxylation is 1. The summed E-state index contributed by atoms with van der Waals surface area (Å²) < 4.78 is 0. The first-order chi connectivity index (χ1) is 8.54. The molecule has 0 radical (unpaired) electrons. The molecule has 0 fully saturated rings. The predicted octanol–water partition coefficient (Wildman–Crippen LogP) is 1.38. The third-order valence-corrected chi connectivity index (χ3v) is 2.63. The Morgan fingerprint density at radius 1 is 1.33 bits per heavy atom. The Balaban J connectivity index is 2.42. The highest BCUT2D eigenvalue weighted by atomic mass is 16.2. The number of nitrogens with zero attached hydrogens (tertiary/aromatic N) is 1. The molecule has 4 heteroatoms. The number of nitrogens with one attached hydrogen (secondary N) is 1. The summed E-state index contributed by atoms with van der Waals surface area (Å²) in [6, 6.07) is 9.69. The number of Topliss-reactive ketones (excluding diaryl/α,β-unsaturated/α-hetero) is 1. The van der Waals surface area contributed by atoms with E-state index in [0.717, 1.165) is 5.56 Å². The maximum atomic E-state index is 11.5. The zero-order chi connectivity index (χ0) is 13.5. The summed E-state index contributed by atoms with van der Waals surface area (Å²) in [6.07, 6.45) is 0.683. The predicted molar refractivity (Wildman–Crippen MR) is 67.7 cm³/mol. The molecule has 18 heavy (non-hydrogen) atoms. The van der Waals surface area contributed by atoms with Crippen molar-refractivity contribution in [3.63, 3.8) is 0 Å². The lowest BCUT2D eigenvalue weighted by Gasteiger charge is -2.07. The van der Waals surface area contributed by atoms with Gasteiger partial charge in [-0.1, -0.05) is 29.8 Å². The van der Waals surface area contributed by atoms with E-state index in [0.29, 0.717) is 13.0 Å². The molecule has 1 rings (SSSR count). The number of amides is 1. The third kappa shape index (κ3) is 4.02. The molecular formula is C14H16N2O2. The number of rotatable bonds is 5. The van der Waals surface area contributed by atoms with Gasteiger partial charge in [-0.3, -0.25) is 9.59 Å². The molecule has 0 aromatic heterocycles. The zero-order valence-electron chi connectivity index (χ0n) is 10.6. The number of benzene rings is 1. The minimum absolute atomic E-state index is 0.424. The maximum absolute atomic E-state index is 11.5.